The van der Waals surface area contributed by atoms with E-state index in [-0.39, 0.29) is 11.9 Å². The Balaban J connectivity index is 1.52. The van der Waals surface area contributed by atoms with Gasteiger partial charge in [0, 0.05) is 55.1 Å². The fourth-order valence-corrected chi connectivity index (χ4v) is 4.62. The van der Waals surface area contributed by atoms with Gasteiger partial charge < -0.3 is 29.4 Å². The van der Waals surface area contributed by atoms with Crippen LogP contribution >= 0.6 is 0 Å². The van der Waals surface area contributed by atoms with E-state index >= 15 is 0 Å². The zero-order valence-corrected chi connectivity index (χ0v) is 17.9. The second-order valence-corrected chi connectivity index (χ2v) is 8.45. The molecule has 0 saturated carbocycles. The number of benzene rings is 2. The molecule has 2 aromatic carbocycles. The van der Waals surface area contributed by atoms with Crippen LogP contribution in [0.2, 0.25) is 0 Å². The lowest BCUT2D eigenvalue weighted by molar-refractivity contribution is 0.159. The Morgan fingerprint density at radius 1 is 1.23 bits per heavy atom. The van der Waals surface area contributed by atoms with Crippen LogP contribution in [0, 0.1) is 0 Å². The fraction of sp³-hybridized carbons (Fsp3) is 0.435. The summed E-state index contributed by atoms with van der Waals surface area (Å²) in [5.74, 6) is 0.845. The second kappa shape index (κ2) is 8.03. The van der Waals surface area contributed by atoms with Gasteiger partial charge in [-0.1, -0.05) is 6.07 Å². The molecule has 1 aromatic heterocycles. The van der Waals surface area contributed by atoms with Crippen LogP contribution in [0.25, 0.3) is 21.9 Å². The number of hydrogen-bond acceptors (Lipinski definition) is 6. The number of nitrogens with zero attached hydrogens (tertiary/aromatic N) is 2. The third-order valence-corrected chi connectivity index (χ3v) is 6.42. The first-order chi connectivity index (χ1) is 15.0. The number of aliphatic hydroxyl groups excluding tert-OH is 1. The van der Waals surface area contributed by atoms with E-state index in [0.29, 0.717) is 24.3 Å². The molecule has 0 spiro atoms. The number of aliphatic hydroxyl groups is 1. The number of piperazine rings is 1. The number of rotatable bonds is 3. The van der Waals surface area contributed by atoms with Crippen LogP contribution in [0.3, 0.4) is 0 Å². The molecular formula is C23H28N4O4. The molecule has 8 heteroatoms. The summed E-state index contributed by atoms with van der Waals surface area (Å²) in [4.78, 5) is 16.8. The average Bonchev–Trinajstić information content (AvgIpc) is 3.37. The summed E-state index contributed by atoms with van der Waals surface area (Å²) < 4.78 is 11.7. The topological polar surface area (TPSA) is 90.2 Å². The summed E-state index contributed by atoms with van der Waals surface area (Å²) >= 11 is 0. The SMILES string of the molecule is COc1ccc(C2CNC(O)C2)c2c1oc1ccc(NC(=O)N3CCN(C)CC3)cc12. The third kappa shape index (κ3) is 3.71. The molecule has 0 bridgehead atoms. The highest BCUT2D eigenvalue weighted by molar-refractivity contribution is 6.10. The number of ether oxygens (including phenoxy) is 1. The summed E-state index contributed by atoms with van der Waals surface area (Å²) in [5.41, 5.74) is 3.28. The number of anilines is 1. The van der Waals surface area contributed by atoms with Gasteiger partial charge in [0.25, 0.3) is 0 Å². The maximum absolute atomic E-state index is 12.7. The first kappa shape index (κ1) is 20.1. The molecule has 2 amide bonds. The maximum atomic E-state index is 12.7. The summed E-state index contributed by atoms with van der Waals surface area (Å²) in [5, 5.41) is 18.0. The van der Waals surface area contributed by atoms with E-state index in [9.17, 15) is 9.90 Å². The first-order valence-corrected chi connectivity index (χ1v) is 10.7. The molecule has 5 rings (SSSR count). The van der Waals surface area contributed by atoms with Crippen molar-refractivity contribution in [2.75, 3.05) is 52.2 Å². The Morgan fingerprint density at radius 2 is 2.03 bits per heavy atom. The first-order valence-electron chi connectivity index (χ1n) is 10.7. The van der Waals surface area contributed by atoms with E-state index in [1.165, 1.54) is 0 Å². The number of nitrogens with one attached hydrogen (secondary N) is 2. The molecule has 8 nitrogen and oxygen atoms in total. The van der Waals surface area contributed by atoms with Gasteiger partial charge in [0.2, 0.25) is 0 Å². The van der Waals surface area contributed by atoms with Crippen molar-refractivity contribution in [3.05, 3.63) is 35.9 Å². The van der Waals surface area contributed by atoms with Crippen molar-refractivity contribution in [3.8, 4) is 5.75 Å². The van der Waals surface area contributed by atoms with Crippen molar-refractivity contribution >= 4 is 33.7 Å². The van der Waals surface area contributed by atoms with Crippen molar-refractivity contribution in [2.24, 2.45) is 0 Å². The van der Waals surface area contributed by atoms with Crippen LogP contribution in [0.4, 0.5) is 10.5 Å². The van der Waals surface area contributed by atoms with Crippen molar-refractivity contribution in [1.82, 2.24) is 15.1 Å². The highest BCUT2D eigenvalue weighted by atomic mass is 16.5. The Kier molecular flexibility index (Phi) is 5.21. The van der Waals surface area contributed by atoms with E-state index in [2.05, 4.69) is 28.6 Å². The Bertz CT molecular complexity index is 1120. The Labute approximate surface area is 180 Å². The van der Waals surface area contributed by atoms with Crippen LogP contribution in [0.5, 0.6) is 5.75 Å². The number of fused-ring (bicyclic) bond motifs is 3. The molecule has 0 aliphatic carbocycles. The number of urea groups is 1. The quantitative estimate of drug-likeness (QED) is 0.599. The highest BCUT2D eigenvalue weighted by Gasteiger charge is 2.28. The molecule has 3 N–H and O–H groups in total. The molecule has 2 aliphatic heterocycles. The molecule has 2 fully saturated rings. The van der Waals surface area contributed by atoms with E-state index in [0.717, 1.165) is 53.8 Å². The van der Waals surface area contributed by atoms with E-state index in [1.54, 1.807) is 7.11 Å². The minimum atomic E-state index is -0.501. The molecule has 2 atom stereocenters. The number of amides is 2. The monoisotopic (exact) mass is 424 g/mol. The van der Waals surface area contributed by atoms with E-state index in [1.807, 2.05) is 29.2 Å². The average molecular weight is 425 g/mol. The van der Waals surface area contributed by atoms with E-state index < -0.39 is 6.23 Å². The number of carbonyl (C=O) groups excluding carboxylic acids is 1. The molecule has 3 heterocycles. The lowest BCUT2D eigenvalue weighted by Crippen LogP contribution is -2.48. The standard InChI is InChI=1S/C23H28N4O4/c1-26-7-9-27(10-8-26)23(29)25-15-3-5-18-17(12-15)21-16(14-11-20(28)24-13-14)4-6-19(30-2)22(21)31-18/h3-6,12,14,20,24,28H,7-11,13H2,1-2H3,(H,25,29). The van der Waals surface area contributed by atoms with Crippen LogP contribution in [0.1, 0.15) is 17.9 Å². The number of likely N-dealkylation sites (N-methyl/N-ethyl adjacent to an activating group) is 1. The van der Waals surface area contributed by atoms with Crippen molar-refractivity contribution < 1.29 is 19.1 Å². The minimum absolute atomic E-state index is 0.0823. The van der Waals surface area contributed by atoms with Crippen molar-refractivity contribution in [2.45, 2.75) is 18.6 Å². The molecular weight excluding hydrogens is 396 g/mol. The molecule has 0 radical (unpaired) electrons. The number of methoxy groups -OCH3 is 1. The molecule has 2 saturated heterocycles. The number of furan rings is 1. The largest absolute Gasteiger partial charge is 0.493 e. The molecule has 2 aliphatic rings. The van der Waals surface area contributed by atoms with Crippen LogP contribution < -0.4 is 15.4 Å². The van der Waals surface area contributed by atoms with Crippen LogP contribution in [0.15, 0.2) is 34.7 Å². The van der Waals surface area contributed by atoms with Crippen LogP contribution in [-0.2, 0) is 0 Å². The van der Waals surface area contributed by atoms with Crippen molar-refractivity contribution in [3.63, 3.8) is 0 Å². The van der Waals surface area contributed by atoms with Gasteiger partial charge in [0.15, 0.2) is 11.3 Å². The van der Waals surface area contributed by atoms with Gasteiger partial charge in [-0.2, -0.15) is 0 Å². The minimum Gasteiger partial charge on any atom is -0.493 e. The van der Waals surface area contributed by atoms with Crippen molar-refractivity contribution in [1.29, 1.82) is 0 Å². The molecule has 31 heavy (non-hydrogen) atoms. The van der Waals surface area contributed by atoms with Gasteiger partial charge in [-0.3, -0.25) is 5.32 Å². The number of hydrogen-bond donors (Lipinski definition) is 3. The summed E-state index contributed by atoms with van der Waals surface area (Å²) in [6, 6.07) is 9.61. The predicted octanol–water partition coefficient (Wildman–Crippen LogP) is 2.77. The molecule has 2 unspecified atom stereocenters. The van der Waals surface area contributed by atoms with Gasteiger partial charge in [-0.05, 0) is 43.3 Å². The summed E-state index contributed by atoms with van der Waals surface area (Å²) in [6.45, 7) is 3.90. The maximum Gasteiger partial charge on any atom is 0.321 e. The zero-order chi connectivity index (χ0) is 21.5. The van der Waals surface area contributed by atoms with Gasteiger partial charge in [0.05, 0.1) is 7.11 Å². The summed E-state index contributed by atoms with van der Waals surface area (Å²) in [7, 11) is 3.70. The van der Waals surface area contributed by atoms with Gasteiger partial charge >= 0.3 is 6.03 Å². The van der Waals surface area contributed by atoms with Gasteiger partial charge in [-0.25, -0.2) is 4.79 Å². The molecule has 3 aromatic rings. The third-order valence-electron chi connectivity index (χ3n) is 6.42. The molecule has 164 valence electrons. The highest BCUT2D eigenvalue weighted by Crippen LogP contribution is 2.42. The van der Waals surface area contributed by atoms with Gasteiger partial charge in [0.1, 0.15) is 11.8 Å². The van der Waals surface area contributed by atoms with E-state index in [4.69, 9.17) is 9.15 Å². The second-order valence-electron chi connectivity index (χ2n) is 8.45. The zero-order valence-electron chi connectivity index (χ0n) is 17.9. The smallest absolute Gasteiger partial charge is 0.321 e. The predicted molar refractivity (Wildman–Crippen MR) is 120 cm³/mol. The fourth-order valence-electron chi connectivity index (χ4n) is 4.62. The lowest BCUT2D eigenvalue weighted by Gasteiger charge is -2.32. The lowest BCUT2D eigenvalue weighted by atomic mass is 9.93. The Morgan fingerprint density at radius 3 is 2.74 bits per heavy atom. The van der Waals surface area contributed by atoms with Crippen LogP contribution in [-0.4, -0.2) is 74.0 Å². The summed E-state index contributed by atoms with van der Waals surface area (Å²) in [6.07, 6.45) is 0.146. The normalized spacial score (nSPS) is 22.4. The van der Waals surface area contributed by atoms with Gasteiger partial charge in [-0.15, -0.1) is 0 Å². The number of carbonyl (C=O) groups is 1. The Hall–Kier alpha value is -2.81.